The molecule has 0 aliphatic heterocycles. The second-order valence-electron chi connectivity index (χ2n) is 4.83. The summed E-state index contributed by atoms with van der Waals surface area (Å²) in [6.45, 7) is 6.50. The number of aryl methyl sites for hydroxylation is 3. The zero-order valence-electron chi connectivity index (χ0n) is 11.7. The Bertz CT molecular complexity index is 742. The Kier molecular flexibility index (Phi) is 4.13. The van der Waals surface area contributed by atoms with Crippen LogP contribution in [0.4, 0.5) is 0 Å². The highest BCUT2D eigenvalue weighted by Gasteiger charge is 2.09. The fourth-order valence-electron chi connectivity index (χ4n) is 2.13. The molecule has 0 atom stereocenters. The van der Waals surface area contributed by atoms with Crippen LogP contribution in [0, 0.1) is 20.8 Å². The van der Waals surface area contributed by atoms with E-state index in [9.17, 15) is 9.59 Å². The third kappa shape index (κ3) is 2.85. The molecule has 2 heterocycles. The summed E-state index contributed by atoms with van der Waals surface area (Å²) < 4.78 is 3.05. The van der Waals surface area contributed by atoms with Gasteiger partial charge in [-0.2, -0.15) is 5.10 Å². The lowest BCUT2D eigenvalue weighted by Crippen LogP contribution is -2.36. The minimum absolute atomic E-state index is 0.106. The number of hydrogen-bond acceptors (Lipinski definition) is 3. The molecule has 0 radical (unpaired) electrons. The normalized spacial score (nSPS) is 11.0. The molecule has 0 bridgehead atoms. The lowest BCUT2D eigenvalue weighted by atomic mass is 10.3. The van der Waals surface area contributed by atoms with Gasteiger partial charge in [-0.05, 0) is 33.3 Å². The van der Waals surface area contributed by atoms with Crippen LogP contribution in [-0.2, 0) is 13.1 Å². The van der Waals surface area contributed by atoms with E-state index in [-0.39, 0.29) is 10.7 Å². The van der Waals surface area contributed by atoms with E-state index in [0.29, 0.717) is 25.1 Å². The van der Waals surface area contributed by atoms with Gasteiger partial charge in [-0.1, -0.05) is 11.6 Å². The Morgan fingerprint density at radius 1 is 1.25 bits per heavy atom. The smallest absolute Gasteiger partial charge is 0.297 e. The van der Waals surface area contributed by atoms with Crippen LogP contribution in [0.5, 0.6) is 0 Å². The van der Waals surface area contributed by atoms with Crippen molar-refractivity contribution in [3.63, 3.8) is 0 Å². The van der Waals surface area contributed by atoms with Crippen molar-refractivity contribution in [2.75, 3.05) is 0 Å². The predicted octanol–water partition coefficient (Wildman–Crippen LogP) is 1.40. The highest BCUT2D eigenvalue weighted by atomic mass is 35.5. The van der Waals surface area contributed by atoms with Gasteiger partial charge in [0.05, 0.1) is 5.69 Å². The zero-order chi connectivity index (χ0) is 14.9. The van der Waals surface area contributed by atoms with Crippen LogP contribution in [0.25, 0.3) is 0 Å². The number of H-pyrrole nitrogens is 1. The number of nitrogens with zero attached hydrogens (tertiary/aromatic N) is 3. The number of rotatable bonds is 4. The standard InChI is InChI=1S/C13H17ClN4O2/c1-8-7-9(2)18(16-8)6-4-5-17-12(19)10(3)11(14)15-13(17)20/h7H,4-6H2,1-3H3,(H,15,20). The number of aromatic nitrogens is 4. The average molecular weight is 297 g/mol. The molecule has 6 nitrogen and oxygen atoms in total. The van der Waals surface area contributed by atoms with E-state index >= 15 is 0 Å². The SMILES string of the molecule is Cc1cc(C)n(CCCn2c(=O)[nH]c(Cl)c(C)c2=O)n1. The van der Waals surface area contributed by atoms with Gasteiger partial charge in [0.2, 0.25) is 0 Å². The van der Waals surface area contributed by atoms with Crippen LogP contribution < -0.4 is 11.2 Å². The van der Waals surface area contributed by atoms with Gasteiger partial charge >= 0.3 is 5.69 Å². The molecule has 0 aliphatic carbocycles. The summed E-state index contributed by atoms with van der Waals surface area (Å²) in [7, 11) is 0. The highest BCUT2D eigenvalue weighted by Crippen LogP contribution is 2.04. The average Bonchev–Trinajstić information content (AvgIpc) is 2.69. The van der Waals surface area contributed by atoms with Gasteiger partial charge in [-0.15, -0.1) is 0 Å². The molecule has 7 heteroatoms. The largest absolute Gasteiger partial charge is 0.329 e. The van der Waals surface area contributed by atoms with Crippen LogP contribution in [-0.4, -0.2) is 19.3 Å². The van der Waals surface area contributed by atoms with Gasteiger partial charge in [-0.3, -0.25) is 19.0 Å². The molecule has 2 rings (SSSR count). The molecule has 20 heavy (non-hydrogen) atoms. The molecular weight excluding hydrogens is 280 g/mol. The molecule has 0 fully saturated rings. The summed E-state index contributed by atoms with van der Waals surface area (Å²) in [5, 5.41) is 4.45. The van der Waals surface area contributed by atoms with Gasteiger partial charge < -0.3 is 0 Å². The van der Waals surface area contributed by atoms with Gasteiger partial charge in [0, 0.05) is 24.3 Å². The maximum absolute atomic E-state index is 12.0. The van der Waals surface area contributed by atoms with Crippen LogP contribution in [0.15, 0.2) is 15.7 Å². The first-order chi connectivity index (χ1) is 9.40. The van der Waals surface area contributed by atoms with Gasteiger partial charge in [0.1, 0.15) is 5.15 Å². The van der Waals surface area contributed by atoms with Gasteiger partial charge in [-0.25, -0.2) is 4.79 Å². The van der Waals surface area contributed by atoms with E-state index in [1.807, 2.05) is 24.6 Å². The third-order valence-corrected chi connectivity index (χ3v) is 3.59. The Morgan fingerprint density at radius 2 is 1.95 bits per heavy atom. The van der Waals surface area contributed by atoms with Crippen LogP contribution in [0.2, 0.25) is 5.15 Å². The molecule has 0 unspecified atom stereocenters. The zero-order valence-corrected chi connectivity index (χ0v) is 12.5. The Balaban J connectivity index is 2.13. The lowest BCUT2D eigenvalue weighted by molar-refractivity contribution is 0.498. The van der Waals surface area contributed by atoms with Crippen molar-refractivity contribution < 1.29 is 0 Å². The first-order valence-corrected chi connectivity index (χ1v) is 6.78. The Labute approximate surface area is 121 Å². The number of hydrogen-bond donors (Lipinski definition) is 1. The molecule has 0 amide bonds. The number of nitrogens with one attached hydrogen (secondary N) is 1. The van der Waals surface area contributed by atoms with Crippen molar-refractivity contribution >= 4 is 11.6 Å². The van der Waals surface area contributed by atoms with Crippen molar-refractivity contribution in [2.45, 2.75) is 40.3 Å². The summed E-state index contributed by atoms with van der Waals surface area (Å²) in [6, 6.07) is 1.99. The molecule has 0 spiro atoms. The maximum Gasteiger partial charge on any atom is 0.329 e. The topological polar surface area (TPSA) is 72.7 Å². The first kappa shape index (κ1) is 14.6. The summed E-state index contributed by atoms with van der Waals surface area (Å²) in [5.74, 6) is 0. The van der Waals surface area contributed by atoms with Crippen molar-refractivity contribution in [2.24, 2.45) is 0 Å². The molecule has 0 aromatic carbocycles. The van der Waals surface area contributed by atoms with Crippen LogP contribution >= 0.6 is 11.6 Å². The van der Waals surface area contributed by atoms with Crippen molar-refractivity contribution in [1.82, 2.24) is 19.3 Å². The lowest BCUT2D eigenvalue weighted by Gasteiger charge is -2.07. The van der Waals surface area contributed by atoms with E-state index in [0.717, 1.165) is 11.4 Å². The van der Waals surface area contributed by atoms with E-state index in [4.69, 9.17) is 11.6 Å². The minimum atomic E-state index is -0.473. The summed E-state index contributed by atoms with van der Waals surface area (Å²) in [6.07, 6.45) is 0.645. The molecular formula is C13H17ClN4O2. The molecule has 0 aliphatic rings. The number of aromatic amines is 1. The van der Waals surface area contributed by atoms with Gasteiger partial charge in [0.15, 0.2) is 0 Å². The molecule has 108 valence electrons. The van der Waals surface area contributed by atoms with E-state index < -0.39 is 5.69 Å². The van der Waals surface area contributed by atoms with Crippen molar-refractivity contribution in [3.05, 3.63) is 49.0 Å². The Hall–Kier alpha value is -1.82. The third-order valence-electron chi connectivity index (χ3n) is 3.21. The predicted molar refractivity (Wildman–Crippen MR) is 77.4 cm³/mol. The van der Waals surface area contributed by atoms with E-state index in [2.05, 4.69) is 10.1 Å². The summed E-state index contributed by atoms with van der Waals surface area (Å²) in [4.78, 5) is 26.1. The molecule has 1 N–H and O–H groups in total. The minimum Gasteiger partial charge on any atom is -0.297 e. The first-order valence-electron chi connectivity index (χ1n) is 6.40. The fraction of sp³-hybridized carbons (Fsp3) is 0.462. The van der Waals surface area contributed by atoms with Crippen LogP contribution in [0.3, 0.4) is 0 Å². The van der Waals surface area contributed by atoms with Gasteiger partial charge in [0.25, 0.3) is 5.56 Å². The van der Waals surface area contributed by atoms with E-state index in [1.54, 1.807) is 6.92 Å². The van der Waals surface area contributed by atoms with E-state index in [1.165, 1.54) is 4.57 Å². The molecule has 0 saturated heterocycles. The van der Waals surface area contributed by atoms with Crippen LogP contribution in [0.1, 0.15) is 23.4 Å². The summed E-state index contributed by atoms with van der Waals surface area (Å²) >= 11 is 5.76. The Morgan fingerprint density at radius 3 is 2.55 bits per heavy atom. The highest BCUT2D eigenvalue weighted by molar-refractivity contribution is 6.30. The maximum atomic E-state index is 12.0. The molecule has 2 aromatic heterocycles. The van der Waals surface area contributed by atoms with Crippen molar-refractivity contribution in [1.29, 1.82) is 0 Å². The summed E-state index contributed by atoms with van der Waals surface area (Å²) in [5.41, 5.74) is 1.57. The second kappa shape index (κ2) is 5.66. The molecule has 2 aromatic rings. The number of halogens is 1. The monoisotopic (exact) mass is 296 g/mol. The second-order valence-corrected chi connectivity index (χ2v) is 5.21. The molecule has 0 saturated carbocycles. The fourth-order valence-corrected chi connectivity index (χ4v) is 2.29. The van der Waals surface area contributed by atoms with Crippen molar-refractivity contribution in [3.8, 4) is 0 Å². The quantitative estimate of drug-likeness (QED) is 0.867.